The van der Waals surface area contributed by atoms with Gasteiger partial charge in [0, 0.05) is 25.9 Å². The van der Waals surface area contributed by atoms with Crippen molar-refractivity contribution in [3.8, 4) is 0 Å². The van der Waals surface area contributed by atoms with Crippen molar-refractivity contribution < 1.29 is 9.59 Å². The van der Waals surface area contributed by atoms with E-state index in [1.165, 1.54) is 25.7 Å². The maximum atomic E-state index is 12.5. The van der Waals surface area contributed by atoms with Crippen LogP contribution >= 0.6 is 0 Å². The Kier molecular flexibility index (Phi) is 6.07. The van der Waals surface area contributed by atoms with Crippen LogP contribution in [0.2, 0.25) is 0 Å². The molecule has 0 aromatic heterocycles. The average molecular weight is 294 g/mol. The van der Waals surface area contributed by atoms with Gasteiger partial charge in [0.25, 0.3) is 0 Å². The van der Waals surface area contributed by atoms with Crippen molar-refractivity contribution in [2.45, 2.75) is 71.3 Å². The predicted octanol–water partition coefficient (Wildman–Crippen LogP) is 2.72. The van der Waals surface area contributed by atoms with Crippen molar-refractivity contribution in [1.82, 2.24) is 10.2 Å². The van der Waals surface area contributed by atoms with Crippen molar-refractivity contribution in [2.75, 3.05) is 13.1 Å². The average Bonchev–Trinajstić information content (AvgIpc) is 2.68. The minimum atomic E-state index is 0.127. The molecule has 1 aliphatic heterocycles. The summed E-state index contributed by atoms with van der Waals surface area (Å²) in [6, 6.07) is 0.157. The number of hydrogen-bond acceptors (Lipinski definition) is 2. The van der Waals surface area contributed by atoms with Crippen LogP contribution in [-0.4, -0.2) is 35.8 Å². The van der Waals surface area contributed by atoms with Crippen LogP contribution in [0, 0.1) is 11.8 Å². The summed E-state index contributed by atoms with van der Waals surface area (Å²) in [6.07, 6.45) is 9.15. The van der Waals surface area contributed by atoms with Gasteiger partial charge in [0.15, 0.2) is 0 Å². The fourth-order valence-electron chi connectivity index (χ4n) is 3.80. The van der Waals surface area contributed by atoms with Gasteiger partial charge in [-0.05, 0) is 25.2 Å². The number of rotatable bonds is 4. The second-order valence-electron chi connectivity index (χ2n) is 6.78. The maximum absolute atomic E-state index is 12.5. The van der Waals surface area contributed by atoms with E-state index in [4.69, 9.17) is 0 Å². The molecule has 4 heteroatoms. The SMILES string of the molecule is CCC[C@H]1CN(C(C)=O)C[C@@H]1NC(=O)C1CCCCCC1. The molecular formula is C17H30N2O2. The summed E-state index contributed by atoms with van der Waals surface area (Å²) in [5.41, 5.74) is 0. The lowest BCUT2D eigenvalue weighted by molar-refractivity contribution is -0.129. The summed E-state index contributed by atoms with van der Waals surface area (Å²) in [7, 11) is 0. The van der Waals surface area contributed by atoms with Gasteiger partial charge in [-0.2, -0.15) is 0 Å². The highest BCUT2D eigenvalue weighted by Gasteiger charge is 2.35. The Morgan fingerprint density at radius 1 is 1.10 bits per heavy atom. The molecule has 2 rings (SSSR count). The normalized spacial score (nSPS) is 27.4. The summed E-state index contributed by atoms with van der Waals surface area (Å²) in [5.74, 6) is 0.977. The molecule has 1 N–H and O–H groups in total. The zero-order valence-corrected chi connectivity index (χ0v) is 13.6. The van der Waals surface area contributed by atoms with Crippen molar-refractivity contribution in [2.24, 2.45) is 11.8 Å². The summed E-state index contributed by atoms with van der Waals surface area (Å²) >= 11 is 0. The lowest BCUT2D eigenvalue weighted by Gasteiger charge is -2.22. The standard InChI is InChI=1S/C17H30N2O2/c1-3-8-15-11-19(13(2)20)12-16(15)18-17(21)14-9-6-4-5-7-10-14/h14-16H,3-12H2,1-2H3,(H,18,21)/t15-,16-/m0/s1. The summed E-state index contributed by atoms with van der Waals surface area (Å²) < 4.78 is 0. The Morgan fingerprint density at radius 3 is 2.33 bits per heavy atom. The Balaban J connectivity index is 1.92. The second-order valence-corrected chi connectivity index (χ2v) is 6.78. The predicted molar refractivity (Wildman–Crippen MR) is 83.8 cm³/mol. The monoisotopic (exact) mass is 294 g/mol. The van der Waals surface area contributed by atoms with Gasteiger partial charge in [0.2, 0.25) is 11.8 Å². The molecule has 1 heterocycles. The zero-order valence-electron chi connectivity index (χ0n) is 13.6. The van der Waals surface area contributed by atoms with Gasteiger partial charge in [-0.1, -0.05) is 39.0 Å². The minimum Gasteiger partial charge on any atom is -0.351 e. The van der Waals surface area contributed by atoms with E-state index < -0.39 is 0 Å². The first-order valence-corrected chi connectivity index (χ1v) is 8.67. The number of nitrogens with one attached hydrogen (secondary N) is 1. The van der Waals surface area contributed by atoms with Crippen LogP contribution < -0.4 is 5.32 Å². The molecule has 0 bridgehead atoms. The van der Waals surface area contributed by atoms with Crippen molar-refractivity contribution in [3.05, 3.63) is 0 Å². The molecule has 1 aliphatic carbocycles. The molecule has 0 radical (unpaired) electrons. The van der Waals surface area contributed by atoms with E-state index in [9.17, 15) is 9.59 Å². The van der Waals surface area contributed by atoms with E-state index in [1.807, 2.05) is 4.90 Å². The molecule has 0 aromatic rings. The van der Waals surface area contributed by atoms with Crippen LogP contribution in [0.1, 0.15) is 65.2 Å². The highest BCUT2D eigenvalue weighted by atomic mass is 16.2. The van der Waals surface area contributed by atoms with Gasteiger partial charge in [-0.3, -0.25) is 9.59 Å². The topological polar surface area (TPSA) is 49.4 Å². The Bertz CT molecular complexity index is 362. The van der Waals surface area contributed by atoms with Crippen LogP contribution in [0.25, 0.3) is 0 Å². The van der Waals surface area contributed by atoms with E-state index in [1.54, 1.807) is 6.92 Å². The number of carbonyl (C=O) groups excluding carboxylic acids is 2. The fourth-order valence-corrected chi connectivity index (χ4v) is 3.80. The Hall–Kier alpha value is -1.06. The molecule has 2 fully saturated rings. The largest absolute Gasteiger partial charge is 0.351 e. The van der Waals surface area contributed by atoms with E-state index in [0.29, 0.717) is 12.5 Å². The molecule has 0 unspecified atom stereocenters. The third-order valence-electron chi connectivity index (χ3n) is 5.10. The van der Waals surface area contributed by atoms with Crippen molar-refractivity contribution >= 4 is 11.8 Å². The van der Waals surface area contributed by atoms with Crippen LogP contribution in [0.4, 0.5) is 0 Å². The first-order valence-electron chi connectivity index (χ1n) is 8.67. The van der Waals surface area contributed by atoms with E-state index in [2.05, 4.69) is 12.2 Å². The smallest absolute Gasteiger partial charge is 0.223 e. The zero-order chi connectivity index (χ0) is 15.2. The molecule has 4 nitrogen and oxygen atoms in total. The van der Waals surface area contributed by atoms with Crippen molar-refractivity contribution in [1.29, 1.82) is 0 Å². The molecule has 2 amide bonds. The second kappa shape index (κ2) is 7.81. The van der Waals surface area contributed by atoms with Crippen LogP contribution in [0.3, 0.4) is 0 Å². The van der Waals surface area contributed by atoms with Crippen LogP contribution in [0.5, 0.6) is 0 Å². The Labute approximate surface area is 128 Å². The number of nitrogens with zero attached hydrogens (tertiary/aromatic N) is 1. The molecule has 120 valence electrons. The molecule has 1 saturated heterocycles. The number of amides is 2. The molecule has 2 atom stereocenters. The first kappa shape index (κ1) is 16.3. The quantitative estimate of drug-likeness (QED) is 0.811. The third kappa shape index (κ3) is 4.45. The molecule has 0 aromatic carbocycles. The summed E-state index contributed by atoms with van der Waals surface area (Å²) in [5, 5.41) is 3.26. The van der Waals surface area contributed by atoms with E-state index >= 15 is 0 Å². The molecule has 21 heavy (non-hydrogen) atoms. The van der Waals surface area contributed by atoms with Crippen molar-refractivity contribution in [3.63, 3.8) is 0 Å². The maximum Gasteiger partial charge on any atom is 0.223 e. The van der Waals surface area contributed by atoms with Gasteiger partial charge in [-0.15, -0.1) is 0 Å². The molecular weight excluding hydrogens is 264 g/mol. The fraction of sp³-hybridized carbons (Fsp3) is 0.882. The number of hydrogen-bond donors (Lipinski definition) is 1. The van der Waals surface area contributed by atoms with E-state index in [0.717, 1.165) is 32.2 Å². The minimum absolute atomic E-state index is 0.127. The highest BCUT2D eigenvalue weighted by Crippen LogP contribution is 2.25. The molecule has 0 spiro atoms. The highest BCUT2D eigenvalue weighted by molar-refractivity contribution is 5.79. The molecule has 2 aliphatic rings. The summed E-state index contributed by atoms with van der Waals surface area (Å²) in [6.45, 7) is 5.29. The van der Waals surface area contributed by atoms with E-state index in [-0.39, 0.29) is 23.8 Å². The lowest BCUT2D eigenvalue weighted by Crippen LogP contribution is -2.43. The van der Waals surface area contributed by atoms with Gasteiger partial charge >= 0.3 is 0 Å². The number of carbonyl (C=O) groups is 2. The van der Waals surface area contributed by atoms with Gasteiger partial charge < -0.3 is 10.2 Å². The first-order chi connectivity index (χ1) is 10.1. The van der Waals surface area contributed by atoms with Gasteiger partial charge in [0.05, 0.1) is 6.04 Å². The van der Waals surface area contributed by atoms with Gasteiger partial charge in [0.1, 0.15) is 0 Å². The molecule has 1 saturated carbocycles. The van der Waals surface area contributed by atoms with Gasteiger partial charge in [-0.25, -0.2) is 0 Å². The van der Waals surface area contributed by atoms with Crippen LogP contribution in [-0.2, 0) is 9.59 Å². The third-order valence-corrected chi connectivity index (χ3v) is 5.10. The number of likely N-dealkylation sites (tertiary alicyclic amines) is 1. The van der Waals surface area contributed by atoms with Crippen LogP contribution in [0.15, 0.2) is 0 Å². The Morgan fingerprint density at radius 2 is 1.76 bits per heavy atom. The lowest BCUT2D eigenvalue weighted by atomic mass is 9.95. The summed E-state index contributed by atoms with van der Waals surface area (Å²) in [4.78, 5) is 26.0.